The van der Waals surface area contributed by atoms with Gasteiger partial charge < -0.3 is 14.2 Å². The summed E-state index contributed by atoms with van der Waals surface area (Å²) in [6.45, 7) is 7.40. The van der Waals surface area contributed by atoms with Crippen LogP contribution in [0.2, 0.25) is 0 Å². The maximum Gasteiger partial charge on any atom is 0.197 e. The van der Waals surface area contributed by atoms with Crippen LogP contribution in [0.5, 0.6) is 11.5 Å². The van der Waals surface area contributed by atoms with Crippen LogP contribution in [-0.4, -0.2) is 19.5 Å². The summed E-state index contributed by atoms with van der Waals surface area (Å²) in [5.74, 6) is 3.05. The van der Waals surface area contributed by atoms with Gasteiger partial charge in [-0.3, -0.25) is 0 Å². The van der Waals surface area contributed by atoms with E-state index in [2.05, 4.69) is 44.2 Å². The van der Waals surface area contributed by atoms with Crippen molar-refractivity contribution in [3.8, 4) is 11.5 Å². The Balaban J connectivity index is 1.39. The summed E-state index contributed by atoms with van der Waals surface area (Å²) in [6.07, 6.45) is 7.53. The Morgan fingerprint density at radius 1 is 0.897 bits per heavy atom. The van der Waals surface area contributed by atoms with Gasteiger partial charge in [-0.05, 0) is 73.4 Å². The molecule has 0 heterocycles. The van der Waals surface area contributed by atoms with Gasteiger partial charge in [-0.2, -0.15) is 0 Å². The van der Waals surface area contributed by atoms with Crippen LogP contribution < -0.4 is 9.47 Å². The van der Waals surface area contributed by atoms with Gasteiger partial charge in [-0.25, -0.2) is 0 Å². The summed E-state index contributed by atoms with van der Waals surface area (Å²) in [7, 11) is 0. The molecule has 0 bridgehead atoms. The second kappa shape index (κ2) is 11.3. The Bertz CT molecular complexity index is 719. The fraction of sp³-hybridized carbons (Fsp3) is 0.538. The Labute approximate surface area is 176 Å². The lowest BCUT2D eigenvalue weighted by atomic mass is 9.84. The Kier molecular flexibility index (Phi) is 8.42. The van der Waals surface area contributed by atoms with Crippen LogP contribution in [0.4, 0.5) is 0 Å². The smallest absolute Gasteiger partial charge is 0.197 e. The van der Waals surface area contributed by atoms with Gasteiger partial charge in [0.25, 0.3) is 0 Å². The maximum atomic E-state index is 5.91. The molecule has 0 amide bonds. The van der Waals surface area contributed by atoms with Crippen molar-refractivity contribution >= 4 is 0 Å². The van der Waals surface area contributed by atoms with E-state index in [1.165, 1.54) is 43.2 Å². The summed E-state index contributed by atoms with van der Waals surface area (Å²) in [4.78, 5) is 0. The summed E-state index contributed by atoms with van der Waals surface area (Å²) in [5.41, 5.74) is 2.76. The van der Waals surface area contributed by atoms with Gasteiger partial charge in [0, 0.05) is 0 Å². The standard InChI is InChI=1S/C26H36O3/c1-4-20(2)22-13-15-25(16-14-22)29-21(3)27-17-18-28-26-12-8-11-24(19-26)23-9-6-5-7-10-23/h8,11-16,19-21,23H,4-7,9-10,17-18H2,1-3H3. The molecule has 0 aliphatic heterocycles. The van der Waals surface area contributed by atoms with Gasteiger partial charge in [0.1, 0.15) is 18.1 Å². The van der Waals surface area contributed by atoms with Crippen LogP contribution in [0.25, 0.3) is 0 Å². The largest absolute Gasteiger partial charge is 0.491 e. The van der Waals surface area contributed by atoms with Crippen LogP contribution in [0.3, 0.4) is 0 Å². The molecule has 0 radical (unpaired) electrons. The highest BCUT2D eigenvalue weighted by Gasteiger charge is 2.15. The monoisotopic (exact) mass is 396 g/mol. The highest BCUT2D eigenvalue weighted by molar-refractivity contribution is 5.31. The normalized spacial score (nSPS) is 16.9. The van der Waals surface area contributed by atoms with Gasteiger partial charge >= 0.3 is 0 Å². The summed E-state index contributed by atoms with van der Waals surface area (Å²) in [6, 6.07) is 16.9. The average Bonchev–Trinajstić information content (AvgIpc) is 2.77. The SMILES string of the molecule is CCC(C)c1ccc(OC(C)OCCOc2cccc(C3CCCCC3)c2)cc1. The Hall–Kier alpha value is -2.00. The highest BCUT2D eigenvalue weighted by Crippen LogP contribution is 2.33. The lowest BCUT2D eigenvalue weighted by Crippen LogP contribution is -2.20. The van der Waals surface area contributed by atoms with Crippen molar-refractivity contribution in [3.63, 3.8) is 0 Å². The molecule has 0 N–H and O–H groups in total. The van der Waals surface area contributed by atoms with E-state index in [9.17, 15) is 0 Å². The second-order valence-electron chi connectivity index (χ2n) is 8.19. The summed E-state index contributed by atoms with van der Waals surface area (Å²) < 4.78 is 17.5. The lowest BCUT2D eigenvalue weighted by molar-refractivity contribution is -0.0739. The van der Waals surface area contributed by atoms with Crippen molar-refractivity contribution in [3.05, 3.63) is 59.7 Å². The van der Waals surface area contributed by atoms with Crippen molar-refractivity contribution in [2.75, 3.05) is 13.2 Å². The van der Waals surface area contributed by atoms with Crippen LogP contribution in [-0.2, 0) is 4.74 Å². The second-order valence-corrected chi connectivity index (χ2v) is 8.19. The molecule has 0 aromatic heterocycles. The first-order valence-electron chi connectivity index (χ1n) is 11.3. The number of rotatable bonds is 10. The first kappa shape index (κ1) is 21.7. The highest BCUT2D eigenvalue weighted by atomic mass is 16.7. The molecule has 1 aliphatic carbocycles. The van der Waals surface area contributed by atoms with E-state index in [-0.39, 0.29) is 6.29 Å². The fourth-order valence-electron chi connectivity index (χ4n) is 4.00. The molecule has 158 valence electrons. The molecule has 0 saturated heterocycles. The van der Waals surface area contributed by atoms with E-state index in [4.69, 9.17) is 14.2 Å². The first-order chi connectivity index (χ1) is 14.2. The number of ether oxygens (including phenoxy) is 3. The van der Waals surface area contributed by atoms with Crippen LogP contribution in [0.15, 0.2) is 48.5 Å². The van der Waals surface area contributed by atoms with Gasteiger partial charge in [-0.15, -0.1) is 0 Å². The topological polar surface area (TPSA) is 27.7 Å². The molecule has 29 heavy (non-hydrogen) atoms. The molecule has 2 aromatic rings. The molecule has 3 nitrogen and oxygen atoms in total. The lowest BCUT2D eigenvalue weighted by Gasteiger charge is -2.22. The third kappa shape index (κ3) is 6.78. The molecule has 0 spiro atoms. The van der Waals surface area contributed by atoms with E-state index in [0.717, 1.165) is 17.9 Å². The quantitative estimate of drug-likeness (QED) is 0.317. The molecule has 2 unspecified atom stereocenters. The van der Waals surface area contributed by atoms with Crippen molar-refractivity contribution in [1.82, 2.24) is 0 Å². The minimum Gasteiger partial charge on any atom is -0.491 e. The van der Waals surface area contributed by atoms with Gasteiger partial charge in [0.05, 0.1) is 6.61 Å². The van der Waals surface area contributed by atoms with Crippen molar-refractivity contribution in [2.24, 2.45) is 0 Å². The molecule has 3 rings (SSSR count). The zero-order valence-corrected chi connectivity index (χ0v) is 18.2. The van der Waals surface area contributed by atoms with Crippen molar-refractivity contribution in [2.45, 2.75) is 77.4 Å². The van der Waals surface area contributed by atoms with Crippen LogP contribution in [0, 0.1) is 0 Å². The van der Waals surface area contributed by atoms with E-state index in [1.54, 1.807) is 0 Å². The third-order valence-corrected chi connectivity index (χ3v) is 6.00. The first-order valence-corrected chi connectivity index (χ1v) is 11.3. The number of hydrogen-bond acceptors (Lipinski definition) is 3. The zero-order chi connectivity index (χ0) is 20.5. The molecule has 3 heteroatoms. The third-order valence-electron chi connectivity index (χ3n) is 6.00. The molecular weight excluding hydrogens is 360 g/mol. The van der Waals surface area contributed by atoms with E-state index < -0.39 is 0 Å². The average molecular weight is 397 g/mol. The predicted octanol–water partition coefficient (Wildman–Crippen LogP) is 7.07. The minimum absolute atomic E-state index is 0.304. The molecule has 2 aromatic carbocycles. The molecule has 1 fully saturated rings. The van der Waals surface area contributed by atoms with E-state index >= 15 is 0 Å². The zero-order valence-electron chi connectivity index (χ0n) is 18.2. The Morgan fingerprint density at radius 3 is 2.38 bits per heavy atom. The minimum atomic E-state index is -0.304. The summed E-state index contributed by atoms with van der Waals surface area (Å²) >= 11 is 0. The molecule has 1 aliphatic rings. The predicted molar refractivity (Wildman–Crippen MR) is 119 cm³/mol. The number of hydrogen-bond donors (Lipinski definition) is 0. The van der Waals surface area contributed by atoms with E-state index in [0.29, 0.717) is 25.0 Å². The van der Waals surface area contributed by atoms with Gasteiger partial charge in [0.2, 0.25) is 0 Å². The van der Waals surface area contributed by atoms with Crippen LogP contribution in [0.1, 0.15) is 82.3 Å². The van der Waals surface area contributed by atoms with Crippen molar-refractivity contribution < 1.29 is 14.2 Å². The fourth-order valence-corrected chi connectivity index (χ4v) is 4.00. The number of benzene rings is 2. The van der Waals surface area contributed by atoms with Crippen LogP contribution >= 0.6 is 0 Å². The van der Waals surface area contributed by atoms with Gasteiger partial charge in [-0.1, -0.05) is 57.4 Å². The van der Waals surface area contributed by atoms with Crippen molar-refractivity contribution in [1.29, 1.82) is 0 Å². The molecular formula is C26H36O3. The van der Waals surface area contributed by atoms with E-state index in [1.807, 2.05) is 25.1 Å². The summed E-state index contributed by atoms with van der Waals surface area (Å²) in [5, 5.41) is 0. The van der Waals surface area contributed by atoms with Gasteiger partial charge in [0.15, 0.2) is 6.29 Å². The molecule has 1 saturated carbocycles. The Morgan fingerprint density at radius 2 is 1.66 bits per heavy atom. The maximum absolute atomic E-state index is 5.91. The molecule has 2 atom stereocenters.